The number of nitrogens with one attached hydrogen (secondary N) is 1. The maximum absolute atomic E-state index is 13.9. The first-order valence-corrected chi connectivity index (χ1v) is 7.61. The fraction of sp³-hybridized carbons (Fsp3) is 0.176. The number of hydrogen-bond acceptors (Lipinski definition) is 4. The van der Waals surface area contributed by atoms with Crippen LogP contribution in [-0.4, -0.2) is 23.3 Å². The second-order valence-electron chi connectivity index (χ2n) is 5.57. The van der Waals surface area contributed by atoms with Gasteiger partial charge in [-0.05, 0) is 30.7 Å². The first kappa shape index (κ1) is 16.6. The Morgan fingerprint density at radius 1 is 1.24 bits per heavy atom. The molecule has 3 rings (SSSR count). The van der Waals surface area contributed by atoms with Crippen molar-refractivity contribution >= 4 is 28.9 Å². The van der Waals surface area contributed by atoms with Gasteiger partial charge >= 0.3 is 0 Å². The number of nitrogens with zero attached hydrogens (tertiary/aromatic N) is 2. The zero-order valence-electron chi connectivity index (χ0n) is 13.1. The fourth-order valence-electron chi connectivity index (χ4n) is 2.67. The minimum atomic E-state index is -0.974. The van der Waals surface area contributed by atoms with Gasteiger partial charge in [-0.1, -0.05) is 6.07 Å². The molecule has 1 aliphatic rings. The minimum Gasteiger partial charge on any atom is -0.322 e. The van der Waals surface area contributed by atoms with E-state index in [1.165, 1.54) is 0 Å². The second-order valence-corrected chi connectivity index (χ2v) is 5.57. The lowest BCUT2D eigenvalue weighted by Crippen LogP contribution is -2.23. The SMILES string of the molecule is O=C(Nc1cccc(N2CCCC2=O)c1)c1ccc([N+](=O)[O-])cc1F. The smallest absolute Gasteiger partial charge is 0.272 e. The van der Waals surface area contributed by atoms with E-state index >= 15 is 0 Å². The van der Waals surface area contributed by atoms with Crippen LogP contribution >= 0.6 is 0 Å². The normalized spacial score (nSPS) is 13.8. The summed E-state index contributed by atoms with van der Waals surface area (Å²) >= 11 is 0. The van der Waals surface area contributed by atoms with Gasteiger partial charge in [0.15, 0.2) is 0 Å². The van der Waals surface area contributed by atoms with Crippen LogP contribution in [0.3, 0.4) is 0 Å². The van der Waals surface area contributed by atoms with Crippen LogP contribution in [0.25, 0.3) is 0 Å². The molecule has 8 heteroatoms. The summed E-state index contributed by atoms with van der Waals surface area (Å²) in [6.45, 7) is 0.618. The van der Waals surface area contributed by atoms with Crippen molar-refractivity contribution in [1.29, 1.82) is 0 Å². The van der Waals surface area contributed by atoms with Crippen LogP contribution in [0, 0.1) is 15.9 Å². The number of benzene rings is 2. The third kappa shape index (κ3) is 3.47. The quantitative estimate of drug-likeness (QED) is 0.682. The number of nitro benzene ring substituents is 1. The van der Waals surface area contributed by atoms with Crippen LogP contribution < -0.4 is 10.2 Å². The molecule has 0 atom stereocenters. The second kappa shape index (κ2) is 6.68. The van der Waals surface area contributed by atoms with Crippen LogP contribution in [-0.2, 0) is 4.79 Å². The minimum absolute atomic E-state index is 0.0184. The van der Waals surface area contributed by atoms with Crippen molar-refractivity contribution in [2.45, 2.75) is 12.8 Å². The van der Waals surface area contributed by atoms with E-state index in [0.717, 1.165) is 18.6 Å². The van der Waals surface area contributed by atoms with Gasteiger partial charge in [0.25, 0.3) is 11.6 Å². The summed E-state index contributed by atoms with van der Waals surface area (Å²) in [6.07, 6.45) is 1.27. The largest absolute Gasteiger partial charge is 0.322 e. The van der Waals surface area contributed by atoms with E-state index in [-0.39, 0.29) is 11.5 Å². The molecule has 25 heavy (non-hydrogen) atoms. The Morgan fingerprint density at radius 2 is 2.04 bits per heavy atom. The van der Waals surface area contributed by atoms with Gasteiger partial charge in [-0.2, -0.15) is 0 Å². The molecule has 0 spiro atoms. The summed E-state index contributed by atoms with van der Waals surface area (Å²) in [5.41, 5.74) is 0.335. The van der Waals surface area contributed by atoms with Gasteiger partial charge in [-0.25, -0.2) is 4.39 Å². The molecule has 1 aliphatic heterocycles. The zero-order chi connectivity index (χ0) is 18.0. The number of amides is 2. The first-order valence-electron chi connectivity index (χ1n) is 7.61. The van der Waals surface area contributed by atoms with Gasteiger partial charge in [-0.3, -0.25) is 19.7 Å². The van der Waals surface area contributed by atoms with E-state index in [9.17, 15) is 24.1 Å². The van der Waals surface area contributed by atoms with E-state index in [1.807, 2.05) is 0 Å². The third-order valence-electron chi connectivity index (χ3n) is 3.90. The van der Waals surface area contributed by atoms with E-state index in [2.05, 4.69) is 5.32 Å². The van der Waals surface area contributed by atoms with Crippen molar-refractivity contribution in [3.63, 3.8) is 0 Å². The summed E-state index contributed by atoms with van der Waals surface area (Å²) in [5, 5.41) is 13.2. The van der Waals surface area contributed by atoms with Gasteiger partial charge in [-0.15, -0.1) is 0 Å². The molecule has 0 saturated carbocycles. The summed E-state index contributed by atoms with van der Waals surface area (Å²) in [4.78, 5) is 35.5. The van der Waals surface area contributed by atoms with Crippen molar-refractivity contribution < 1.29 is 18.9 Å². The maximum atomic E-state index is 13.9. The number of non-ortho nitro benzene ring substituents is 1. The molecule has 2 amide bonds. The zero-order valence-corrected chi connectivity index (χ0v) is 13.1. The fourth-order valence-corrected chi connectivity index (χ4v) is 2.67. The summed E-state index contributed by atoms with van der Waals surface area (Å²) < 4.78 is 13.9. The van der Waals surface area contributed by atoms with Gasteiger partial charge in [0, 0.05) is 30.4 Å². The van der Waals surface area contributed by atoms with Gasteiger partial charge in [0.05, 0.1) is 16.6 Å². The number of carbonyl (C=O) groups is 2. The molecule has 0 aliphatic carbocycles. The maximum Gasteiger partial charge on any atom is 0.272 e. The Bertz CT molecular complexity index is 869. The predicted molar refractivity (Wildman–Crippen MR) is 89.0 cm³/mol. The van der Waals surface area contributed by atoms with Crippen LogP contribution in [0.2, 0.25) is 0 Å². The molecular weight excluding hydrogens is 329 g/mol. The topological polar surface area (TPSA) is 92.6 Å². The summed E-state index contributed by atoms with van der Waals surface area (Å²) in [7, 11) is 0. The van der Waals surface area contributed by atoms with E-state index in [0.29, 0.717) is 30.4 Å². The molecule has 1 fully saturated rings. The van der Waals surface area contributed by atoms with Crippen molar-refractivity contribution in [1.82, 2.24) is 0 Å². The average Bonchev–Trinajstić information content (AvgIpc) is 3.00. The molecule has 0 bridgehead atoms. The number of anilines is 2. The predicted octanol–water partition coefficient (Wildman–Crippen LogP) is 3.11. The Hall–Kier alpha value is -3.29. The average molecular weight is 343 g/mol. The van der Waals surface area contributed by atoms with Gasteiger partial charge in [0.2, 0.25) is 5.91 Å². The van der Waals surface area contributed by atoms with E-state index in [4.69, 9.17) is 0 Å². The first-order chi connectivity index (χ1) is 12.0. The molecule has 0 radical (unpaired) electrons. The van der Waals surface area contributed by atoms with Gasteiger partial charge in [0.1, 0.15) is 5.82 Å². The molecule has 1 heterocycles. The summed E-state index contributed by atoms with van der Waals surface area (Å²) in [6, 6.07) is 9.52. The molecule has 2 aromatic rings. The molecule has 7 nitrogen and oxygen atoms in total. The van der Waals surface area contributed by atoms with Crippen LogP contribution in [0.5, 0.6) is 0 Å². The monoisotopic (exact) mass is 343 g/mol. The Labute approximate surface area is 142 Å². The number of rotatable bonds is 4. The number of nitro groups is 1. The standard InChI is InChI=1S/C17H14FN3O4/c18-15-10-13(21(24)25)6-7-14(15)17(23)19-11-3-1-4-12(9-11)20-8-2-5-16(20)22/h1,3-4,6-7,9-10H,2,5,8H2,(H,19,23). The van der Waals surface area contributed by atoms with Crippen molar-refractivity contribution in [2.24, 2.45) is 0 Å². The molecule has 0 aromatic heterocycles. The van der Waals surface area contributed by atoms with Crippen molar-refractivity contribution in [2.75, 3.05) is 16.8 Å². The highest BCUT2D eigenvalue weighted by Crippen LogP contribution is 2.25. The van der Waals surface area contributed by atoms with Crippen molar-refractivity contribution in [3.05, 3.63) is 64.0 Å². The Morgan fingerprint density at radius 3 is 2.68 bits per heavy atom. The molecular formula is C17H14FN3O4. The highest BCUT2D eigenvalue weighted by atomic mass is 19.1. The molecule has 0 unspecified atom stereocenters. The van der Waals surface area contributed by atoms with E-state index in [1.54, 1.807) is 29.2 Å². The lowest BCUT2D eigenvalue weighted by molar-refractivity contribution is -0.385. The van der Waals surface area contributed by atoms with Crippen LogP contribution in [0.4, 0.5) is 21.5 Å². The Kier molecular flexibility index (Phi) is 4.42. The van der Waals surface area contributed by atoms with Crippen molar-refractivity contribution in [3.8, 4) is 0 Å². The van der Waals surface area contributed by atoms with E-state index < -0.39 is 22.3 Å². The highest BCUT2D eigenvalue weighted by Gasteiger charge is 2.22. The van der Waals surface area contributed by atoms with Gasteiger partial charge < -0.3 is 10.2 Å². The number of carbonyl (C=O) groups excluding carboxylic acids is 2. The molecule has 1 N–H and O–H groups in total. The Balaban J connectivity index is 1.79. The van der Waals surface area contributed by atoms with Crippen LogP contribution in [0.15, 0.2) is 42.5 Å². The molecule has 1 saturated heterocycles. The molecule has 2 aromatic carbocycles. The lowest BCUT2D eigenvalue weighted by Gasteiger charge is -2.16. The summed E-state index contributed by atoms with van der Waals surface area (Å²) in [5.74, 6) is -1.68. The molecule has 128 valence electrons. The highest BCUT2D eigenvalue weighted by molar-refractivity contribution is 6.05. The van der Waals surface area contributed by atoms with Crippen LogP contribution in [0.1, 0.15) is 23.2 Å². The lowest BCUT2D eigenvalue weighted by atomic mass is 10.1. The third-order valence-corrected chi connectivity index (χ3v) is 3.90. The number of hydrogen-bond donors (Lipinski definition) is 1. The number of halogens is 1.